The number of fused-ring (bicyclic) bond motifs is 2. The van der Waals surface area contributed by atoms with Gasteiger partial charge in [0.25, 0.3) is 0 Å². The third-order valence-corrected chi connectivity index (χ3v) is 10.8. The highest BCUT2D eigenvalue weighted by Gasteiger charge is 2.28. The van der Waals surface area contributed by atoms with Gasteiger partial charge in [-0.1, -0.05) is 82.9 Å². The van der Waals surface area contributed by atoms with E-state index in [4.69, 9.17) is 23.2 Å². The van der Waals surface area contributed by atoms with E-state index in [2.05, 4.69) is 86.6 Å². The van der Waals surface area contributed by atoms with E-state index in [1.165, 1.54) is 98.7 Å². The molecule has 0 atom stereocenters. The maximum Gasteiger partial charge on any atom is 0.0450 e. The summed E-state index contributed by atoms with van der Waals surface area (Å²) in [6, 6.07) is 27.6. The van der Waals surface area contributed by atoms with Crippen molar-refractivity contribution < 1.29 is 0 Å². The highest BCUT2D eigenvalue weighted by Crippen LogP contribution is 2.52. The monoisotopic (exact) mass is 580 g/mol. The van der Waals surface area contributed by atoms with Gasteiger partial charge in [-0.25, -0.2) is 0 Å². The highest BCUT2D eigenvalue weighted by atomic mass is 35.5. The maximum absolute atomic E-state index is 7.23. The summed E-state index contributed by atoms with van der Waals surface area (Å²) in [4.78, 5) is 0. The van der Waals surface area contributed by atoms with Crippen molar-refractivity contribution in [3.63, 3.8) is 0 Å². The van der Waals surface area contributed by atoms with Crippen LogP contribution >= 0.6 is 23.2 Å². The smallest absolute Gasteiger partial charge is 0.0450 e. The first kappa shape index (κ1) is 25.0. The van der Waals surface area contributed by atoms with Crippen LogP contribution in [0.3, 0.4) is 0 Å². The fourth-order valence-corrected chi connectivity index (χ4v) is 8.80. The highest BCUT2D eigenvalue weighted by molar-refractivity contribution is 6.41. The van der Waals surface area contributed by atoms with E-state index in [9.17, 15) is 0 Å². The lowest BCUT2D eigenvalue weighted by Gasteiger charge is -2.28. The van der Waals surface area contributed by atoms with Crippen molar-refractivity contribution in [1.82, 2.24) is 0 Å². The van der Waals surface area contributed by atoms with Gasteiger partial charge in [0.15, 0.2) is 0 Å². The largest absolute Gasteiger partial charge is 0.0840 e. The van der Waals surface area contributed by atoms with Crippen molar-refractivity contribution in [2.75, 3.05) is 0 Å². The van der Waals surface area contributed by atoms with Crippen molar-refractivity contribution >= 4 is 66.3 Å². The molecule has 0 bridgehead atoms. The van der Waals surface area contributed by atoms with Gasteiger partial charge in [-0.05, 0) is 164 Å². The zero-order chi connectivity index (χ0) is 28.3. The Morgan fingerprint density at radius 2 is 0.786 bits per heavy atom. The van der Waals surface area contributed by atoms with Gasteiger partial charge in [0.05, 0.1) is 0 Å². The van der Waals surface area contributed by atoms with Gasteiger partial charge in [0, 0.05) is 10.0 Å². The molecule has 2 heteroatoms. The number of hydrogen-bond donors (Lipinski definition) is 0. The molecule has 0 saturated heterocycles. The maximum atomic E-state index is 7.23. The molecule has 204 valence electrons. The zero-order valence-electron chi connectivity index (χ0n) is 23.9. The van der Waals surface area contributed by atoms with E-state index in [-0.39, 0.29) is 0 Å². The standard InChI is InChI=1S/C40H30Cl2/c1-21-9-13-23(14-10-21)29-17-31-33-19-36(42)28-8-4-6-26-30(24-15-11-22(2)12-16-24)18-32(40(33)38(26)28)34-20-35(41)27-7-3-5-25(29)37(27)39(31)34/h9-20H,3-8H2,1-2H3. The average Bonchev–Trinajstić information content (AvgIpc) is 3.01. The summed E-state index contributed by atoms with van der Waals surface area (Å²) >= 11 is 14.5. The molecule has 0 saturated carbocycles. The molecule has 0 spiro atoms. The quantitative estimate of drug-likeness (QED) is 0.141. The van der Waals surface area contributed by atoms with Crippen LogP contribution in [-0.2, 0) is 25.7 Å². The first-order chi connectivity index (χ1) is 20.5. The molecule has 0 N–H and O–H groups in total. The Morgan fingerprint density at radius 1 is 0.429 bits per heavy atom. The van der Waals surface area contributed by atoms with Crippen LogP contribution in [0.15, 0.2) is 72.8 Å². The zero-order valence-corrected chi connectivity index (χ0v) is 25.4. The lowest BCUT2D eigenvalue weighted by molar-refractivity contribution is 0.809. The summed E-state index contributed by atoms with van der Waals surface area (Å²) in [6.45, 7) is 4.32. The SMILES string of the molecule is Cc1ccc(-c2cc3c4cc(Cl)c5c6c(c(-c7ccc(C)cc7)cc(c7cc(Cl)c8c(c2CCC8)c73)c64)CCC5)cc1. The molecule has 0 unspecified atom stereocenters. The number of benzene rings is 7. The number of aryl methyl sites for hydroxylation is 6. The van der Waals surface area contributed by atoms with E-state index in [1.54, 1.807) is 0 Å². The van der Waals surface area contributed by atoms with E-state index in [1.807, 2.05) is 0 Å². The molecule has 0 heterocycles. The molecule has 0 aliphatic heterocycles. The molecule has 0 fully saturated rings. The van der Waals surface area contributed by atoms with Gasteiger partial charge in [-0.2, -0.15) is 0 Å². The molecule has 2 aliphatic rings. The second-order valence-corrected chi connectivity index (χ2v) is 13.4. The Bertz CT molecular complexity index is 2090. The van der Waals surface area contributed by atoms with Crippen LogP contribution < -0.4 is 0 Å². The molecule has 0 aromatic heterocycles. The second kappa shape index (κ2) is 8.96. The molecular weight excluding hydrogens is 551 g/mol. The molecular formula is C40H30Cl2. The predicted octanol–water partition coefficient (Wildman–Crippen LogP) is 12.0. The lowest BCUT2D eigenvalue weighted by Crippen LogP contribution is -2.08. The van der Waals surface area contributed by atoms with Gasteiger partial charge in [-0.3, -0.25) is 0 Å². The average molecular weight is 582 g/mol. The Labute approximate surface area is 256 Å². The minimum absolute atomic E-state index is 0.907. The van der Waals surface area contributed by atoms with Gasteiger partial charge < -0.3 is 0 Å². The summed E-state index contributed by atoms with van der Waals surface area (Å²) in [5, 5.41) is 12.5. The third-order valence-electron chi connectivity index (χ3n) is 10.1. The summed E-state index contributed by atoms with van der Waals surface area (Å²) < 4.78 is 0. The first-order valence-corrected chi connectivity index (χ1v) is 16.0. The van der Waals surface area contributed by atoms with Crippen molar-refractivity contribution in [2.24, 2.45) is 0 Å². The molecule has 7 aromatic carbocycles. The third kappa shape index (κ3) is 3.37. The van der Waals surface area contributed by atoms with Crippen molar-refractivity contribution in [2.45, 2.75) is 52.4 Å². The Kier molecular flexibility index (Phi) is 5.33. The van der Waals surface area contributed by atoms with Gasteiger partial charge >= 0.3 is 0 Å². The molecule has 42 heavy (non-hydrogen) atoms. The van der Waals surface area contributed by atoms with Crippen LogP contribution in [0.1, 0.15) is 46.2 Å². The van der Waals surface area contributed by atoms with Crippen LogP contribution in [0.25, 0.3) is 65.3 Å². The summed E-state index contributed by atoms with van der Waals surface area (Å²) in [6.07, 6.45) is 6.44. The minimum atomic E-state index is 0.907. The van der Waals surface area contributed by atoms with Crippen LogP contribution in [0.4, 0.5) is 0 Å². The van der Waals surface area contributed by atoms with Crippen molar-refractivity contribution in [3.05, 3.63) is 116 Å². The molecule has 2 aliphatic carbocycles. The molecule has 0 amide bonds. The Balaban J connectivity index is 1.53. The van der Waals surface area contributed by atoms with E-state index in [0.717, 1.165) is 48.6 Å². The number of halogens is 2. The molecule has 0 nitrogen and oxygen atoms in total. The van der Waals surface area contributed by atoms with E-state index < -0.39 is 0 Å². The number of hydrogen-bond acceptors (Lipinski definition) is 0. The fourth-order valence-electron chi connectivity index (χ4n) is 8.21. The van der Waals surface area contributed by atoms with Gasteiger partial charge in [0.2, 0.25) is 0 Å². The molecule has 7 aromatic rings. The number of rotatable bonds is 2. The van der Waals surface area contributed by atoms with Crippen LogP contribution in [0, 0.1) is 13.8 Å². The fraction of sp³-hybridized carbons (Fsp3) is 0.200. The second-order valence-electron chi connectivity index (χ2n) is 12.6. The minimum Gasteiger partial charge on any atom is -0.0840 e. The van der Waals surface area contributed by atoms with E-state index >= 15 is 0 Å². The van der Waals surface area contributed by atoms with Gasteiger partial charge in [0.1, 0.15) is 0 Å². The molecule has 0 radical (unpaired) electrons. The Morgan fingerprint density at radius 3 is 1.19 bits per heavy atom. The van der Waals surface area contributed by atoms with Crippen molar-refractivity contribution in [1.29, 1.82) is 0 Å². The van der Waals surface area contributed by atoms with Crippen LogP contribution in [0.5, 0.6) is 0 Å². The van der Waals surface area contributed by atoms with Crippen LogP contribution in [-0.4, -0.2) is 0 Å². The lowest BCUT2D eigenvalue weighted by atomic mass is 9.76. The van der Waals surface area contributed by atoms with E-state index in [0.29, 0.717) is 0 Å². The van der Waals surface area contributed by atoms with Gasteiger partial charge in [-0.15, -0.1) is 0 Å². The normalized spacial score (nSPS) is 14.6. The van der Waals surface area contributed by atoms with Crippen LogP contribution in [0.2, 0.25) is 10.0 Å². The summed E-state index contributed by atoms with van der Waals surface area (Å²) in [5.41, 5.74) is 13.3. The summed E-state index contributed by atoms with van der Waals surface area (Å²) in [5.74, 6) is 0. The molecule has 9 rings (SSSR count). The topological polar surface area (TPSA) is 0 Å². The summed E-state index contributed by atoms with van der Waals surface area (Å²) in [7, 11) is 0. The Hall–Kier alpha value is -3.58. The predicted molar refractivity (Wildman–Crippen MR) is 182 cm³/mol. The van der Waals surface area contributed by atoms with Crippen molar-refractivity contribution in [3.8, 4) is 22.3 Å². The first-order valence-electron chi connectivity index (χ1n) is 15.2.